The van der Waals surface area contributed by atoms with Crippen LogP contribution in [-0.2, 0) is 0 Å². The van der Waals surface area contributed by atoms with Crippen LogP contribution in [0.5, 0.6) is 0 Å². The Morgan fingerprint density at radius 1 is 1.25 bits per heavy atom. The first-order valence-electron chi connectivity index (χ1n) is 5.68. The Labute approximate surface area is 108 Å². The molecule has 1 unspecified atom stereocenters. The fourth-order valence-corrected chi connectivity index (χ4v) is 5.19. The van der Waals surface area contributed by atoms with Crippen molar-refractivity contribution in [1.82, 2.24) is 10.2 Å². The number of hydrogen-bond acceptors (Lipinski definition) is 6. The number of nitrogens with zero attached hydrogens (tertiary/aromatic N) is 2. The molecule has 1 atom stereocenters. The molecule has 0 spiro atoms. The second-order valence-corrected chi connectivity index (χ2v) is 7.74. The minimum absolute atomic E-state index is 0.729. The van der Waals surface area contributed by atoms with Gasteiger partial charge in [0.1, 0.15) is 5.01 Å². The maximum atomic E-state index is 4.24. The van der Waals surface area contributed by atoms with Crippen LogP contribution in [0.4, 0.5) is 5.13 Å². The highest BCUT2D eigenvalue weighted by Crippen LogP contribution is 2.42. The summed E-state index contributed by atoms with van der Waals surface area (Å²) in [5, 5.41) is 14.9. The van der Waals surface area contributed by atoms with Gasteiger partial charge in [-0.1, -0.05) is 11.3 Å². The highest BCUT2D eigenvalue weighted by atomic mass is 32.2. The van der Waals surface area contributed by atoms with Crippen LogP contribution >= 0.6 is 34.9 Å². The molecule has 1 saturated carbocycles. The van der Waals surface area contributed by atoms with Gasteiger partial charge >= 0.3 is 0 Å². The van der Waals surface area contributed by atoms with E-state index in [2.05, 4.69) is 39.0 Å². The van der Waals surface area contributed by atoms with Crippen LogP contribution in [-0.4, -0.2) is 39.3 Å². The van der Waals surface area contributed by atoms with Crippen molar-refractivity contribution in [1.29, 1.82) is 0 Å². The molecule has 1 aliphatic heterocycles. The fraction of sp³-hybridized carbons (Fsp3) is 0.800. The van der Waals surface area contributed by atoms with Crippen LogP contribution in [0.25, 0.3) is 0 Å². The van der Waals surface area contributed by atoms with Gasteiger partial charge in [-0.05, 0) is 12.8 Å². The van der Waals surface area contributed by atoms with Gasteiger partial charge in [-0.15, -0.1) is 10.2 Å². The van der Waals surface area contributed by atoms with Gasteiger partial charge in [0.25, 0.3) is 0 Å². The summed E-state index contributed by atoms with van der Waals surface area (Å²) in [6.45, 7) is 1.04. The lowest BCUT2D eigenvalue weighted by Crippen LogP contribution is -2.23. The number of nitrogens with one attached hydrogen (secondary N) is 1. The zero-order valence-corrected chi connectivity index (χ0v) is 11.5. The molecule has 1 aromatic heterocycles. The number of thioether (sulfide) groups is 2. The average Bonchev–Trinajstić information content (AvgIpc) is 3.08. The molecule has 3 rings (SSSR count). The van der Waals surface area contributed by atoms with Gasteiger partial charge in [-0.3, -0.25) is 0 Å². The lowest BCUT2D eigenvalue weighted by Gasteiger charge is -2.20. The number of anilines is 1. The number of rotatable bonds is 4. The van der Waals surface area contributed by atoms with Crippen molar-refractivity contribution in [3.8, 4) is 0 Å². The lowest BCUT2D eigenvalue weighted by molar-refractivity contribution is 0.954. The Morgan fingerprint density at radius 2 is 2.19 bits per heavy atom. The van der Waals surface area contributed by atoms with Gasteiger partial charge in [0.15, 0.2) is 0 Å². The molecule has 0 aromatic carbocycles. The normalized spacial score (nSPS) is 25.6. The third-order valence-electron chi connectivity index (χ3n) is 2.73. The average molecular weight is 273 g/mol. The predicted octanol–water partition coefficient (Wildman–Crippen LogP) is 2.68. The molecule has 3 nitrogen and oxygen atoms in total. The predicted molar refractivity (Wildman–Crippen MR) is 73.9 cm³/mol. The van der Waals surface area contributed by atoms with Crippen molar-refractivity contribution >= 4 is 40.0 Å². The number of aromatic nitrogens is 2. The van der Waals surface area contributed by atoms with E-state index in [0.29, 0.717) is 0 Å². The summed E-state index contributed by atoms with van der Waals surface area (Å²) in [6.07, 6.45) is 2.62. The Morgan fingerprint density at radius 3 is 2.94 bits per heavy atom. The van der Waals surface area contributed by atoms with Crippen LogP contribution in [0.3, 0.4) is 0 Å². The molecule has 88 valence electrons. The standard InChI is InChI=1S/C10H15N3S3/c1-2-7(1)9-12-13-10(16-9)11-5-8-6-14-3-4-15-8/h7-8H,1-6H2,(H,11,13). The third kappa shape index (κ3) is 2.84. The molecule has 0 bridgehead atoms. The Bertz CT molecular complexity index is 345. The zero-order chi connectivity index (χ0) is 10.8. The van der Waals surface area contributed by atoms with E-state index < -0.39 is 0 Å². The summed E-state index contributed by atoms with van der Waals surface area (Å²) >= 11 is 5.89. The van der Waals surface area contributed by atoms with E-state index in [-0.39, 0.29) is 0 Å². The monoisotopic (exact) mass is 273 g/mol. The summed E-state index contributed by atoms with van der Waals surface area (Å²) in [4.78, 5) is 0. The van der Waals surface area contributed by atoms with Crippen molar-refractivity contribution in [3.63, 3.8) is 0 Å². The van der Waals surface area contributed by atoms with E-state index in [1.165, 1.54) is 35.1 Å². The summed E-state index contributed by atoms with van der Waals surface area (Å²) in [7, 11) is 0. The summed E-state index contributed by atoms with van der Waals surface area (Å²) < 4.78 is 0. The van der Waals surface area contributed by atoms with Crippen LogP contribution in [0.2, 0.25) is 0 Å². The molecule has 2 fully saturated rings. The largest absolute Gasteiger partial charge is 0.359 e. The van der Waals surface area contributed by atoms with E-state index in [9.17, 15) is 0 Å². The molecular weight excluding hydrogens is 258 g/mol. The number of hydrogen-bond donors (Lipinski definition) is 1. The molecule has 1 aliphatic carbocycles. The van der Waals surface area contributed by atoms with Crippen molar-refractivity contribution < 1.29 is 0 Å². The third-order valence-corrected chi connectivity index (χ3v) is 6.62. The van der Waals surface area contributed by atoms with Crippen LogP contribution in [0, 0.1) is 0 Å². The van der Waals surface area contributed by atoms with E-state index in [1.54, 1.807) is 11.3 Å². The highest BCUT2D eigenvalue weighted by molar-refractivity contribution is 8.06. The summed E-state index contributed by atoms with van der Waals surface area (Å²) in [5.41, 5.74) is 0. The minimum atomic E-state index is 0.729. The molecular formula is C10H15N3S3. The Balaban J connectivity index is 1.49. The summed E-state index contributed by atoms with van der Waals surface area (Å²) in [5.74, 6) is 4.60. The lowest BCUT2D eigenvalue weighted by atomic mass is 10.5. The second kappa shape index (κ2) is 5.14. The van der Waals surface area contributed by atoms with Crippen molar-refractivity contribution in [3.05, 3.63) is 5.01 Å². The molecule has 1 saturated heterocycles. The zero-order valence-electron chi connectivity index (χ0n) is 9.02. The molecule has 6 heteroatoms. The highest BCUT2D eigenvalue weighted by Gasteiger charge is 2.27. The molecule has 1 N–H and O–H groups in total. The molecule has 0 amide bonds. The van der Waals surface area contributed by atoms with E-state index in [4.69, 9.17) is 0 Å². The van der Waals surface area contributed by atoms with E-state index in [0.717, 1.165) is 22.8 Å². The molecule has 1 aromatic rings. The van der Waals surface area contributed by atoms with Gasteiger partial charge in [0.05, 0.1) is 0 Å². The van der Waals surface area contributed by atoms with E-state index >= 15 is 0 Å². The smallest absolute Gasteiger partial charge is 0.205 e. The van der Waals surface area contributed by atoms with Crippen LogP contribution in [0.15, 0.2) is 0 Å². The maximum absolute atomic E-state index is 4.24. The Kier molecular flexibility index (Phi) is 3.59. The molecule has 16 heavy (non-hydrogen) atoms. The topological polar surface area (TPSA) is 37.8 Å². The van der Waals surface area contributed by atoms with E-state index in [1.807, 2.05) is 0 Å². The van der Waals surface area contributed by atoms with Crippen molar-refractivity contribution in [2.45, 2.75) is 24.0 Å². The Hall–Kier alpha value is 0.0600. The van der Waals surface area contributed by atoms with Crippen molar-refractivity contribution in [2.24, 2.45) is 0 Å². The van der Waals surface area contributed by atoms with Crippen molar-refractivity contribution in [2.75, 3.05) is 29.1 Å². The fourth-order valence-electron chi connectivity index (χ4n) is 1.66. The van der Waals surface area contributed by atoms with Gasteiger partial charge in [-0.25, -0.2) is 0 Å². The molecule has 0 radical (unpaired) electrons. The van der Waals surface area contributed by atoms with Gasteiger partial charge < -0.3 is 5.32 Å². The van der Waals surface area contributed by atoms with Gasteiger partial charge in [0, 0.05) is 35.0 Å². The first-order valence-corrected chi connectivity index (χ1v) is 8.70. The molecule has 2 heterocycles. The molecule has 2 aliphatic rings. The minimum Gasteiger partial charge on any atom is -0.359 e. The van der Waals surface area contributed by atoms with Crippen LogP contribution in [0.1, 0.15) is 23.8 Å². The quantitative estimate of drug-likeness (QED) is 0.913. The maximum Gasteiger partial charge on any atom is 0.205 e. The SMILES string of the molecule is C1CSC(CNc2nnc(C3CC3)s2)CS1. The van der Waals surface area contributed by atoms with Crippen LogP contribution < -0.4 is 5.32 Å². The first kappa shape index (κ1) is 11.2. The first-order chi connectivity index (χ1) is 7.92. The second-order valence-electron chi connectivity index (χ2n) is 4.17. The summed E-state index contributed by atoms with van der Waals surface area (Å²) in [6, 6.07) is 0. The van der Waals surface area contributed by atoms with Gasteiger partial charge in [0.2, 0.25) is 5.13 Å². The van der Waals surface area contributed by atoms with Gasteiger partial charge in [-0.2, -0.15) is 23.5 Å².